The maximum Gasteiger partial charge on any atom is 0.163 e. The van der Waals surface area contributed by atoms with Gasteiger partial charge in [-0.05, 0) is 24.3 Å². The van der Waals surface area contributed by atoms with Gasteiger partial charge in [0.15, 0.2) is 5.16 Å². The number of aromatic nitrogens is 4. The largest absolute Gasteiger partial charge is 0.341 e. The van der Waals surface area contributed by atoms with E-state index in [-0.39, 0.29) is 0 Å². The van der Waals surface area contributed by atoms with Crippen LogP contribution < -0.4 is 0 Å². The Morgan fingerprint density at radius 2 is 1.38 bits per heavy atom. The number of benzene rings is 2. The van der Waals surface area contributed by atoms with Crippen LogP contribution in [0, 0.1) is 0 Å². The Kier molecular flexibility index (Phi) is 4.17. The lowest BCUT2D eigenvalue weighted by molar-refractivity contribution is 1.09. The van der Waals surface area contributed by atoms with Gasteiger partial charge in [0.25, 0.3) is 0 Å². The van der Waals surface area contributed by atoms with Crippen molar-refractivity contribution < 1.29 is 0 Å². The maximum atomic E-state index is 4.30. The summed E-state index contributed by atoms with van der Waals surface area (Å²) in [5.74, 6) is 1.59. The second-order valence-corrected chi connectivity index (χ2v) is 5.18. The molecule has 6 heteroatoms. The van der Waals surface area contributed by atoms with Gasteiger partial charge in [-0.3, -0.25) is 0 Å². The number of para-hydroxylation sites is 4. The van der Waals surface area contributed by atoms with Crippen LogP contribution in [0.15, 0.2) is 53.7 Å². The van der Waals surface area contributed by atoms with E-state index < -0.39 is 0 Å². The van der Waals surface area contributed by atoms with Gasteiger partial charge in [-0.2, -0.15) is 12.6 Å². The number of thiol groups is 2. The fourth-order valence-corrected chi connectivity index (χ4v) is 2.40. The Morgan fingerprint density at radius 3 is 1.95 bits per heavy atom. The minimum Gasteiger partial charge on any atom is -0.341 e. The van der Waals surface area contributed by atoms with Crippen LogP contribution in [0.3, 0.4) is 0 Å². The second-order valence-electron chi connectivity index (χ2n) is 4.44. The van der Waals surface area contributed by atoms with Crippen molar-refractivity contribution in [3.63, 3.8) is 0 Å². The summed E-state index contributed by atoms with van der Waals surface area (Å²) in [7, 11) is 0. The third-order valence-electron chi connectivity index (χ3n) is 2.97. The van der Waals surface area contributed by atoms with Crippen molar-refractivity contribution in [3.8, 4) is 0 Å². The third-order valence-corrected chi connectivity index (χ3v) is 3.48. The molecule has 0 amide bonds. The van der Waals surface area contributed by atoms with Crippen molar-refractivity contribution in [2.75, 3.05) is 0 Å². The topological polar surface area (TPSA) is 57.4 Å². The normalized spacial score (nSPS) is 10.6. The fraction of sp³-hybridized carbons (Fsp3) is 0.0667. The molecular formula is C15H14N4S2. The third kappa shape index (κ3) is 3.22. The molecule has 2 heterocycles. The molecule has 106 valence electrons. The van der Waals surface area contributed by atoms with Crippen molar-refractivity contribution in [3.05, 3.63) is 54.4 Å². The second kappa shape index (κ2) is 6.24. The molecule has 0 aliphatic rings. The first-order valence-electron chi connectivity index (χ1n) is 6.44. The number of nitrogens with zero attached hydrogens (tertiary/aromatic N) is 2. The van der Waals surface area contributed by atoms with Gasteiger partial charge in [0.1, 0.15) is 5.82 Å². The molecule has 4 nitrogen and oxygen atoms in total. The van der Waals surface area contributed by atoms with Crippen LogP contribution >= 0.6 is 25.3 Å². The highest BCUT2D eigenvalue weighted by atomic mass is 32.1. The molecule has 0 spiro atoms. The van der Waals surface area contributed by atoms with Gasteiger partial charge in [-0.25, -0.2) is 9.97 Å². The van der Waals surface area contributed by atoms with Crippen molar-refractivity contribution >= 4 is 47.3 Å². The van der Waals surface area contributed by atoms with E-state index in [0.717, 1.165) is 27.9 Å². The van der Waals surface area contributed by atoms with Crippen LogP contribution in [0.4, 0.5) is 0 Å². The van der Waals surface area contributed by atoms with Crippen LogP contribution in [-0.4, -0.2) is 19.9 Å². The summed E-state index contributed by atoms with van der Waals surface area (Å²) in [6.45, 7) is 0. The Bertz CT molecular complexity index is 800. The van der Waals surface area contributed by atoms with E-state index in [1.165, 1.54) is 0 Å². The summed E-state index contributed by atoms with van der Waals surface area (Å²) < 4.78 is 0. The van der Waals surface area contributed by atoms with E-state index >= 15 is 0 Å². The fourth-order valence-electron chi connectivity index (χ4n) is 2.02. The monoisotopic (exact) mass is 314 g/mol. The Hall–Kier alpha value is -1.92. The molecule has 0 fully saturated rings. The van der Waals surface area contributed by atoms with E-state index in [4.69, 9.17) is 0 Å². The molecule has 2 aromatic heterocycles. The van der Waals surface area contributed by atoms with Crippen molar-refractivity contribution in [2.45, 2.75) is 10.9 Å². The smallest absolute Gasteiger partial charge is 0.163 e. The van der Waals surface area contributed by atoms with Gasteiger partial charge < -0.3 is 9.97 Å². The van der Waals surface area contributed by atoms with Crippen molar-refractivity contribution in [2.24, 2.45) is 0 Å². The zero-order valence-electron chi connectivity index (χ0n) is 11.1. The van der Waals surface area contributed by atoms with Gasteiger partial charge in [0.05, 0.1) is 22.1 Å². The number of H-pyrrole nitrogens is 2. The Balaban J connectivity index is 0.000000126. The number of fused-ring (bicyclic) bond motifs is 2. The summed E-state index contributed by atoms with van der Waals surface area (Å²) in [6.07, 6.45) is 0. The van der Waals surface area contributed by atoms with E-state index in [1.54, 1.807) is 0 Å². The average molecular weight is 314 g/mol. The molecule has 0 saturated heterocycles. The van der Waals surface area contributed by atoms with E-state index in [9.17, 15) is 0 Å². The molecule has 0 aliphatic carbocycles. The van der Waals surface area contributed by atoms with Crippen LogP contribution in [0.25, 0.3) is 22.1 Å². The number of aromatic amines is 2. The molecule has 4 aromatic rings. The average Bonchev–Trinajstić information content (AvgIpc) is 3.09. The minimum absolute atomic E-state index is 0.661. The van der Waals surface area contributed by atoms with Crippen LogP contribution in [0.1, 0.15) is 5.82 Å². The van der Waals surface area contributed by atoms with Crippen LogP contribution in [0.2, 0.25) is 0 Å². The molecule has 0 unspecified atom stereocenters. The molecule has 0 bridgehead atoms. The number of imidazole rings is 2. The summed E-state index contributed by atoms with van der Waals surface area (Å²) >= 11 is 8.20. The van der Waals surface area contributed by atoms with Crippen LogP contribution in [-0.2, 0) is 5.75 Å². The summed E-state index contributed by atoms with van der Waals surface area (Å²) in [5.41, 5.74) is 4.09. The van der Waals surface area contributed by atoms with Gasteiger partial charge >= 0.3 is 0 Å². The predicted molar refractivity (Wildman–Crippen MR) is 92.1 cm³/mol. The van der Waals surface area contributed by atoms with E-state index in [1.807, 2.05) is 48.5 Å². The van der Waals surface area contributed by atoms with Gasteiger partial charge in [-0.15, -0.1) is 12.6 Å². The molecule has 21 heavy (non-hydrogen) atoms. The zero-order valence-corrected chi connectivity index (χ0v) is 12.9. The highest BCUT2D eigenvalue weighted by Crippen LogP contribution is 2.12. The number of hydrogen-bond acceptors (Lipinski definition) is 4. The summed E-state index contributed by atoms with van der Waals surface area (Å²) in [4.78, 5) is 14.6. The van der Waals surface area contributed by atoms with Crippen molar-refractivity contribution in [1.82, 2.24) is 19.9 Å². The van der Waals surface area contributed by atoms with Crippen LogP contribution in [0.5, 0.6) is 0 Å². The summed E-state index contributed by atoms with van der Waals surface area (Å²) in [5, 5.41) is 0.668. The standard InChI is InChI=1S/C8H8N2S.C7H6N2S/c11-5-8-9-6-3-1-2-4-7(6)10-8;10-7-8-5-3-1-2-4-6(5)9-7/h1-4,11H,5H2,(H,9,10);1-4H,(H2,8,9,10). The van der Waals surface area contributed by atoms with Gasteiger partial charge in [-0.1, -0.05) is 24.3 Å². The quantitative estimate of drug-likeness (QED) is 0.403. The highest BCUT2D eigenvalue weighted by molar-refractivity contribution is 7.80. The number of hydrogen-bond donors (Lipinski definition) is 4. The molecule has 4 rings (SSSR count). The molecule has 0 aliphatic heterocycles. The lowest BCUT2D eigenvalue weighted by Gasteiger charge is -1.81. The van der Waals surface area contributed by atoms with Crippen molar-refractivity contribution in [1.29, 1.82) is 0 Å². The molecule has 0 atom stereocenters. The molecule has 0 radical (unpaired) electrons. The molecule has 2 N–H and O–H groups in total. The number of rotatable bonds is 1. The molecular weight excluding hydrogens is 300 g/mol. The minimum atomic E-state index is 0.661. The zero-order chi connectivity index (χ0) is 14.7. The van der Waals surface area contributed by atoms with E-state index in [0.29, 0.717) is 10.9 Å². The van der Waals surface area contributed by atoms with E-state index in [2.05, 4.69) is 45.2 Å². The first-order chi connectivity index (χ1) is 10.3. The Morgan fingerprint density at radius 1 is 0.810 bits per heavy atom. The first-order valence-corrected chi connectivity index (χ1v) is 7.52. The molecule has 2 aromatic carbocycles. The lowest BCUT2D eigenvalue weighted by atomic mass is 10.3. The predicted octanol–water partition coefficient (Wildman–Crippen LogP) is 3.84. The van der Waals surface area contributed by atoms with Gasteiger partial charge in [0, 0.05) is 5.75 Å². The summed E-state index contributed by atoms with van der Waals surface area (Å²) in [6, 6.07) is 15.8. The first kappa shape index (κ1) is 14.0. The lowest BCUT2D eigenvalue weighted by Crippen LogP contribution is -1.77. The van der Waals surface area contributed by atoms with Gasteiger partial charge in [0.2, 0.25) is 0 Å². The number of nitrogens with one attached hydrogen (secondary N) is 2. The SMILES string of the molecule is SCc1nc2ccccc2[nH]1.Sc1nc2ccccc2[nH]1. The highest BCUT2D eigenvalue weighted by Gasteiger charge is 1.97. The maximum absolute atomic E-state index is 4.30. The Labute approximate surface area is 132 Å². The molecule has 0 saturated carbocycles.